The number of hydrogen-bond donors (Lipinski definition) is 1. The molecule has 1 aliphatic carbocycles. The first-order valence-electron chi connectivity index (χ1n) is 5.96. The van der Waals surface area contributed by atoms with Gasteiger partial charge in [0.15, 0.2) is 5.78 Å². The van der Waals surface area contributed by atoms with Crippen molar-refractivity contribution in [2.45, 2.75) is 19.3 Å². The van der Waals surface area contributed by atoms with Crippen LogP contribution in [0.25, 0.3) is 10.9 Å². The van der Waals surface area contributed by atoms with Crippen molar-refractivity contribution >= 4 is 16.7 Å². The van der Waals surface area contributed by atoms with Gasteiger partial charge in [-0.15, -0.1) is 0 Å². The second-order valence-electron chi connectivity index (χ2n) is 4.68. The van der Waals surface area contributed by atoms with Gasteiger partial charge in [0, 0.05) is 29.1 Å². The molecule has 0 spiro atoms. The molecule has 0 unspecified atom stereocenters. The Morgan fingerprint density at radius 3 is 3.00 bits per heavy atom. The fraction of sp³-hybridized carbons (Fsp3) is 0.357. The van der Waals surface area contributed by atoms with E-state index in [0.29, 0.717) is 12.3 Å². The Labute approximate surface area is 99.8 Å². The lowest BCUT2D eigenvalue weighted by molar-refractivity contribution is 0.0978. The Balaban J connectivity index is 1.99. The van der Waals surface area contributed by atoms with Crippen molar-refractivity contribution in [2.75, 3.05) is 7.11 Å². The number of H-pyrrole nitrogens is 1. The summed E-state index contributed by atoms with van der Waals surface area (Å²) in [6.07, 6.45) is 4.91. The molecule has 1 aromatic carbocycles. The molecule has 1 heterocycles. The summed E-state index contributed by atoms with van der Waals surface area (Å²) < 4.78 is 5.19. The minimum absolute atomic E-state index is 0.243. The monoisotopic (exact) mass is 229 g/mol. The molecule has 3 heteroatoms. The van der Waals surface area contributed by atoms with Crippen molar-refractivity contribution in [3.63, 3.8) is 0 Å². The number of methoxy groups -OCH3 is 1. The number of aromatic nitrogens is 1. The molecule has 0 atom stereocenters. The third-order valence-corrected chi connectivity index (χ3v) is 3.36. The van der Waals surface area contributed by atoms with Crippen LogP contribution in [0, 0.1) is 5.92 Å². The SMILES string of the molecule is COc1ccc2[nH]cc(C(=O)CC3CC3)c2c1. The second-order valence-corrected chi connectivity index (χ2v) is 4.68. The highest BCUT2D eigenvalue weighted by molar-refractivity contribution is 6.08. The summed E-state index contributed by atoms with van der Waals surface area (Å²) in [7, 11) is 1.64. The standard InChI is InChI=1S/C14H15NO2/c1-17-10-4-5-13-11(7-10)12(8-15-13)14(16)6-9-2-3-9/h4-5,7-9,15H,2-3,6H2,1H3. The molecule has 0 radical (unpaired) electrons. The van der Waals surface area contributed by atoms with E-state index in [1.807, 2.05) is 24.4 Å². The lowest BCUT2D eigenvalue weighted by Crippen LogP contribution is -1.98. The molecule has 1 saturated carbocycles. The molecule has 2 aromatic rings. The number of ketones is 1. The highest BCUT2D eigenvalue weighted by Crippen LogP contribution is 2.34. The van der Waals surface area contributed by atoms with Gasteiger partial charge < -0.3 is 9.72 Å². The Kier molecular flexibility index (Phi) is 2.39. The van der Waals surface area contributed by atoms with Crippen LogP contribution in [-0.4, -0.2) is 17.9 Å². The van der Waals surface area contributed by atoms with Gasteiger partial charge in [0.25, 0.3) is 0 Å². The number of carbonyl (C=O) groups excluding carboxylic acids is 1. The summed E-state index contributed by atoms with van der Waals surface area (Å²) in [6.45, 7) is 0. The third-order valence-electron chi connectivity index (χ3n) is 3.36. The molecule has 1 fully saturated rings. The summed E-state index contributed by atoms with van der Waals surface area (Å²) in [6, 6.07) is 5.77. The zero-order valence-electron chi connectivity index (χ0n) is 9.82. The largest absolute Gasteiger partial charge is 0.497 e. The molecule has 17 heavy (non-hydrogen) atoms. The van der Waals surface area contributed by atoms with Gasteiger partial charge >= 0.3 is 0 Å². The van der Waals surface area contributed by atoms with Crippen LogP contribution in [0.5, 0.6) is 5.75 Å². The molecule has 0 amide bonds. The van der Waals surface area contributed by atoms with Gasteiger partial charge in [0.1, 0.15) is 5.75 Å². The number of Topliss-reactive ketones (excluding diaryl/α,β-unsaturated/α-hetero) is 1. The summed E-state index contributed by atoms with van der Waals surface area (Å²) in [4.78, 5) is 15.2. The van der Waals surface area contributed by atoms with Crippen LogP contribution in [0.4, 0.5) is 0 Å². The topological polar surface area (TPSA) is 42.1 Å². The van der Waals surface area contributed by atoms with Crippen molar-refractivity contribution in [1.82, 2.24) is 4.98 Å². The van der Waals surface area contributed by atoms with Gasteiger partial charge in [0.2, 0.25) is 0 Å². The number of rotatable bonds is 4. The van der Waals surface area contributed by atoms with Crippen molar-refractivity contribution in [3.8, 4) is 5.75 Å². The Morgan fingerprint density at radius 2 is 2.29 bits per heavy atom. The van der Waals surface area contributed by atoms with Crippen LogP contribution in [0.1, 0.15) is 29.6 Å². The maximum atomic E-state index is 12.1. The molecule has 0 aliphatic heterocycles. The molecular weight excluding hydrogens is 214 g/mol. The van der Waals surface area contributed by atoms with Crippen molar-refractivity contribution < 1.29 is 9.53 Å². The van der Waals surface area contributed by atoms with Gasteiger partial charge in [-0.1, -0.05) is 0 Å². The normalized spacial score (nSPS) is 15.1. The Hall–Kier alpha value is -1.77. The summed E-state index contributed by atoms with van der Waals surface area (Å²) in [5.74, 6) is 1.66. The molecule has 1 aromatic heterocycles. The number of ether oxygens (including phenoxy) is 1. The van der Waals surface area contributed by atoms with E-state index in [4.69, 9.17) is 4.74 Å². The molecule has 88 valence electrons. The molecule has 3 nitrogen and oxygen atoms in total. The van der Waals surface area contributed by atoms with Gasteiger partial charge in [-0.2, -0.15) is 0 Å². The smallest absolute Gasteiger partial charge is 0.165 e. The van der Waals surface area contributed by atoms with Gasteiger partial charge in [0.05, 0.1) is 7.11 Å². The van der Waals surface area contributed by atoms with E-state index in [0.717, 1.165) is 22.2 Å². The third kappa shape index (κ3) is 1.93. The van der Waals surface area contributed by atoms with Crippen LogP contribution in [0.2, 0.25) is 0 Å². The van der Waals surface area contributed by atoms with Gasteiger partial charge in [-0.25, -0.2) is 0 Å². The first-order valence-corrected chi connectivity index (χ1v) is 5.96. The summed E-state index contributed by atoms with van der Waals surface area (Å²) in [5.41, 5.74) is 1.79. The van der Waals surface area contributed by atoms with Crippen LogP contribution >= 0.6 is 0 Å². The first-order chi connectivity index (χ1) is 8.28. The summed E-state index contributed by atoms with van der Waals surface area (Å²) >= 11 is 0. The highest BCUT2D eigenvalue weighted by atomic mass is 16.5. The fourth-order valence-electron chi connectivity index (χ4n) is 2.15. The van der Waals surface area contributed by atoms with E-state index in [2.05, 4.69) is 4.98 Å². The zero-order valence-corrected chi connectivity index (χ0v) is 9.82. The maximum absolute atomic E-state index is 12.1. The zero-order chi connectivity index (χ0) is 11.8. The first kappa shape index (κ1) is 10.4. The van der Waals surface area contributed by atoms with E-state index >= 15 is 0 Å². The van der Waals surface area contributed by atoms with E-state index < -0.39 is 0 Å². The molecule has 1 aliphatic rings. The lowest BCUT2D eigenvalue weighted by Gasteiger charge is -2.01. The van der Waals surface area contributed by atoms with Crippen LogP contribution in [-0.2, 0) is 0 Å². The minimum Gasteiger partial charge on any atom is -0.497 e. The lowest BCUT2D eigenvalue weighted by atomic mass is 10.0. The van der Waals surface area contributed by atoms with E-state index in [1.165, 1.54) is 12.8 Å². The highest BCUT2D eigenvalue weighted by Gasteiger charge is 2.26. The Bertz CT molecular complexity index is 567. The molecule has 3 rings (SSSR count). The predicted octanol–water partition coefficient (Wildman–Crippen LogP) is 3.16. The molecular formula is C14H15NO2. The van der Waals surface area contributed by atoms with Crippen molar-refractivity contribution in [3.05, 3.63) is 30.0 Å². The van der Waals surface area contributed by atoms with E-state index in [1.54, 1.807) is 7.11 Å². The number of carbonyl (C=O) groups is 1. The predicted molar refractivity (Wildman–Crippen MR) is 66.5 cm³/mol. The quantitative estimate of drug-likeness (QED) is 0.818. The van der Waals surface area contributed by atoms with E-state index in [9.17, 15) is 4.79 Å². The number of aromatic amines is 1. The van der Waals surface area contributed by atoms with Crippen LogP contribution in [0.15, 0.2) is 24.4 Å². The average molecular weight is 229 g/mol. The number of nitrogens with one attached hydrogen (secondary N) is 1. The minimum atomic E-state index is 0.243. The van der Waals surface area contributed by atoms with Crippen molar-refractivity contribution in [2.24, 2.45) is 5.92 Å². The number of benzene rings is 1. The van der Waals surface area contributed by atoms with Gasteiger partial charge in [-0.05, 0) is 37.0 Å². The number of fused-ring (bicyclic) bond motifs is 1. The van der Waals surface area contributed by atoms with Crippen LogP contribution < -0.4 is 4.74 Å². The second kappa shape index (κ2) is 3.91. The molecule has 1 N–H and O–H groups in total. The molecule has 0 saturated heterocycles. The Morgan fingerprint density at radius 1 is 1.47 bits per heavy atom. The van der Waals surface area contributed by atoms with E-state index in [-0.39, 0.29) is 5.78 Å². The van der Waals surface area contributed by atoms with Crippen molar-refractivity contribution in [1.29, 1.82) is 0 Å². The van der Waals surface area contributed by atoms with Gasteiger partial charge in [-0.3, -0.25) is 4.79 Å². The average Bonchev–Trinajstić information content (AvgIpc) is 3.05. The summed E-state index contributed by atoms with van der Waals surface area (Å²) in [5, 5.41) is 0.968. The number of hydrogen-bond acceptors (Lipinski definition) is 2. The fourth-order valence-corrected chi connectivity index (χ4v) is 2.15. The van der Waals surface area contributed by atoms with Crippen LogP contribution in [0.3, 0.4) is 0 Å². The maximum Gasteiger partial charge on any atom is 0.165 e. The molecule has 0 bridgehead atoms.